The molecular weight excluding hydrogens is 271 g/mol. The van der Waals surface area contributed by atoms with Crippen LogP contribution in [0.4, 0.5) is 4.39 Å². The molecule has 0 aliphatic rings. The average molecular weight is 283 g/mol. The highest BCUT2D eigenvalue weighted by Gasteiger charge is 2.10. The van der Waals surface area contributed by atoms with E-state index in [0.717, 1.165) is 4.47 Å². The summed E-state index contributed by atoms with van der Waals surface area (Å²) >= 11 is 3.34. The summed E-state index contributed by atoms with van der Waals surface area (Å²) in [4.78, 5) is 0. The smallest absolute Gasteiger partial charge is 0.128 e. The molecule has 1 aromatic carbocycles. The number of aromatic nitrogens is 1. The lowest BCUT2D eigenvalue weighted by atomic mass is 10.1. The van der Waals surface area contributed by atoms with Crippen LogP contribution in [0, 0.1) is 5.82 Å². The van der Waals surface area contributed by atoms with Gasteiger partial charge in [-0.15, -0.1) is 0 Å². The zero-order chi connectivity index (χ0) is 11.5. The van der Waals surface area contributed by atoms with Crippen LogP contribution in [0.3, 0.4) is 0 Å². The largest absolute Gasteiger partial charge is 0.319 e. The van der Waals surface area contributed by atoms with Gasteiger partial charge in [0.1, 0.15) is 5.82 Å². The molecule has 1 heterocycles. The topological polar surface area (TPSA) is 17.0 Å². The van der Waals surface area contributed by atoms with Crippen molar-refractivity contribution in [2.24, 2.45) is 0 Å². The number of nitrogens with zero attached hydrogens (tertiary/aromatic N) is 1. The number of benzene rings is 1. The summed E-state index contributed by atoms with van der Waals surface area (Å²) in [5.74, 6) is -0.199. The van der Waals surface area contributed by atoms with Gasteiger partial charge < -0.3 is 5.43 Å². The lowest BCUT2D eigenvalue weighted by molar-refractivity contribution is 0.588. The molecule has 2 rings (SSSR count). The van der Waals surface area contributed by atoms with E-state index in [1.807, 2.05) is 36.1 Å². The van der Waals surface area contributed by atoms with E-state index in [4.69, 9.17) is 0 Å². The van der Waals surface area contributed by atoms with Crippen molar-refractivity contribution in [2.75, 3.05) is 5.43 Å². The summed E-state index contributed by atoms with van der Waals surface area (Å²) in [6.07, 6.45) is 3.76. The van der Waals surface area contributed by atoms with E-state index in [0.29, 0.717) is 5.56 Å². The van der Waals surface area contributed by atoms with Crippen LogP contribution in [0.15, 0.2) is 47.2 Å². The Bertz CT molecular complexity index is 468. The molecule has 0 radical (unpaired) electrons. The Kier molecular flexibility index (Phi) is 3.29. The Morgan fingerprint density at radius 2 is 2.00 bits per heavy atom. The number of nitrogens with one attached hydrogen (secondary N) is 1. The van der Waals surface area contributed by atoms with Crippen LogP contribution in [0.2, 0.25) is 0 Å². The maximum Gasteiger partial charge on any atom is 0.128 e. The maximum absolute atomic E-state index is 13.6. The van der Waals surface area contributed by atoms with Crippen LogP contribution in [0.1, 0.15) is 18.5 Å². The third-order valence-corrected chi connectivity index (χ3v) is 2.86. The van der Waals surface area contributed by atoms with E-state index in [1.165, 1.54) is 6.07 Å². The van der Waals surface area contributed by atoms with Gasteiger partial charge in [0.25, 0.3) is 0 Å². The number of rotatable bonds is 3. The molecule has 0 spiro atoms. The van der Waals surface area contributed by atoms with Gasteiger partial charge in [-0.2, -0.15) is 0 Å². The standard InChI is InChI=1S/C12H12BrFN2/c1-9(15-16-6-2-3-7-16)11-8-10(13)4-5-12(11)14/h2-9,15H,1H3. The van der Waals surface area contributed by atoms with E-state index in [9.17, 15) is 4.39 Å². The summed E-state index contributed by atoms with van der Waals surface area (Å²) in [6, 6.07) is 8.68. The molecule has 4 heteroatoms. The van der Waals surface area contributed by atoms with Gasteiger partial charge >= 0.3 is 0 Å². The first kappa shape index (κ1) is 11.2. The van der Waals surface area contributed by atoms with Crippen molar-refractivity contribution in [3.63, 3.8) is 0 Å². The van der Waals surface area contributed by atoms with Crippen molar-refractivity contribution in [1.29, 1.82) is 0 Å². The molecule has 0 aliphatic heterocycles. The zero-order valence-corrected chi connectivity index (χ0v) is 10.4. The predicted molar refractivity (Wildman–Crippen MR) is 66.3 cm³/mol. The Labute approximate surface area is 102 Å². The summed E-state index contributed by atoms with van der Waals surface area (Å²) in [5, 5.41) is 0. The van der Waals surface area contributed by atoms with Crippen LogP contribution in [0.5, 0.6) is 0 Å². The average Bonchev–Trinajstić information content (AvgIpc) is 2.74. The van der Waals surface area contributed by atoms with E-state index in [1.54, 1.807) is 12.1 Å². The van der Waals surface area contributed by atoms with Crippen LogP contribution in [0.25, 0.3) is 0 Å². The molecule has 16 heavy (non-hydrogen) atoms. The lowest BCUT2D eigenvalue weighted by Gasteiger charge is -2.17. The third-order valence-electron chi connectivity index (χ3n) is 2.37. The lowest BCUT2D eigenvalue weighted by Crippen LogP contribution is -2.17. The van der Waals surface area contributed by atoms with Crippen molar-refractivity contribution in [3.8, 4) is 0 Å². The molecule has 0 saturated carbocycles. The van der Waals surface area contributed by atoms with Crippen molar-refractivity contribution < 1.29 is 4.39 Å². The molecular formula is C12H12BrFN2. The van der Waals surface area contributed by atoms with Crippen LogP contribution < -0.4 is 5.43 Å². The Morgan fingerprint density at radius 1 is 1.31 bits per heavy atom. The summed E-state index contributed by atoms with van der Waals surface area (Å²) in [7, 11) is 0. The quantitative estimate of drug-likeness (QED) is 0.909. The molecule has 0 bridgehead atoms. The fourth-order valence-corrected chi connectivity index (χ4v) is 1.94. The maximum atomic E-state index is 13.6. The Balaban J connectivity index is 2.20. The van der Waals surface area contributed by atoms with Crippen LogP contribution in [-0.4, -0.2) is 4.68 Å². The van der Waals surface area contributed by atoms with E-state index in [-0.39, 0.29) is 11.9 Å². The molecule has 1 unspecified atom stereocenters. The summed E-state index contributed by atoms with van der Waals surface area (Å²) < 4.78 is 16.3. The van der Waals surface area contributed by atoms with Gasteiger partial charge in [0.2, 0.25) is 0 Å². The monoisotopic (exact) mass is 282 g/mol. The number of hydrogen-bond donors (Lipinski definition) is 1. The molecule has 2 nitrogen and oxygen atoms in total. The molecule has 1 atom stereocenters. The van der Waals surface area contributed by atoms with Crippen LogP contribution >= 0.6 is 15.9 Å². The van der Waals surface area contributed by atoms with E-state index in [2.05, 4.69) is 21.4 Å². The van der Waals surface area contributed by atoms with Crippen molar-refractivity contribution in [1.82, 2.24) is 4.68 Å². The minimum atomic E-state index is -0.199. The molecule has 1 aromatic heterocycles. The Morgan fingerprint density at radius 3 is 2.69 bits per heavy atom. The molecule has 1 N–H and O–H groups in total. The minimum absolute atomic E-state index is 0.0927. The van der Waals surface area contributed by atoms with Gasteiger partial charge in [0, 0.05) is 22.4 Å². The molecule has 0 fully saturated rings. The molecule has 0 amide bonds. The highest BCUT2D eigenvalue weighted by Crippen LogP contribution is 2.22. The fraction of sp³-hybridized carbons (Fsp3) is 0.167. The van der Waals surface area contributed by atoms with Gasteiger partial charge in [-0.3, -0.25) is 4.68 Å². The van der Waals surface area contributed by atoms with Gasteiger partial charge in [0.05, 0.1) is 6.04 Å². The van der Waals surface area contributed by atoms with Crippen molar-refractivity contribution in [3.05, 3.63) is 58.6 Å². The SMILES string of the molecule is CC(Nn1cccc1)c1cc(Br)ccc1F. The first-order chi connectivity index (χ1) is 7.66. The molecule has 2 aromatic rings. The van der Waals surface area contributed by atoms with Gasteiger partial charge in [0.15, 0.2) is 0 Å². The summed E-state index contributed by atoms with van der Waals surface area (Å²) in [5.41, 5.74) is 3.80. The van der Waals surface area contributed by atoms with Crippen LogP contribution in [-0.2, 0) is 0 Å². The normalized spacial score (nSPS) is 12.4. The predicted octanol–water partition coefficient (Wildman–Crippen LogP) is 3.69. The zero-order valence-electron chi connectivity index (χ0n) is 8.82. The van der Waals surface area contributed by atoms with Gasteiger partial charge in [-0.05, 0) is 37.3 Å². The fourth-order valence-electron chi connectivity index (χ4n) is 1.56. The minimum Gasteiger partial charge on any atom is -0.319 e. The second-order valence-electron chi connectivity index (χ2n) is 3.61. The van der Waals surface area contributed by atoms with Crippen molar-refractivity contribution >= 4 is 15.9 Å². The molecule has 84 valence electrons. The highest BCUT2D eigenvalue weighted by molar-refractivity contribution is 9.10. The highest BCUT2D eigenvalue weighted by atomic mass is 79.9. The first-order valence-corrected chi connectivity index (χ1v) is 5.80. The Hall–Kier alpha value is -1.29. The number of hydrogen-bond acceptors (Lipinski definition) is 1. The summed E-state index contributed by atoms with van der Waals surface area (Å²) in [6.45, 7) is 1.92. The van der Waals surface area contributed by atoms with E-state index >= 15 is 0 Å². The molecule has 0 saturated heterocycles. The second-order valence-corrected chi connectivity index (χ2v) is 4.52. The van der Waals surface area contributed by atoms with Gasteiger partial charge in [-0.1, -0.05) is 15.9 Å². The first-order valence-electron chi connectivity index (χ1n) is 5.01. The van der Waals surface area contributed by atoms with Gasteiger partial charge in [-0.25, -0.2) is 4.39 Å². The van der Waals surface area contributed by atoms with Crippen molar-refractivity contribution in [2.45, 2.75) is 13.0 Å². The van der Waals surface area contributed by atoms with E-state index < -0.39 is 0 Å². The second kappa shape index (κ2) is 4.70. The number of halogens is 2. The molecule has 0 aliphatic carbocycles. The third kappa shape index (κ3) is 2.44.